The van der Waals surface area contributed by atoms with Crippen LogP contribution in [0.2, 0.25) is 0 Å². The molecule has 184 valence electrons. The molecule has 1 atom stereocenters. The van der Waals surface area contributed by atoms with E-state index in [1.807, 2.05) is 24.3 Å². The summed E-state index contributed by atoms with van der Waals surface area (Å²) in [4.78, 5) is 44.2. The van der Waals surface area contributed by atoms with Crippen molar-refractivity contribution >= 4 is 29.7 Å². The zero-order valence-corrected chi connectivity index (χ0v) is 20.3. The molecule has 0 aromatic heterocycles. The molecule has 0 saturated heterocycles. The van der Waals surface area contributed by atoms with E-state index in [9.17, 15) is 14.4 Å². The zero-order valence-electron chi connectivity index (χ0n) is 20.3. The molecule has 8 heteroatoms. The maximum Gasteiger partial charge on any atom is 0.329 e. The number of fused-ring (bicyclic) bond motifs is 1. The van der Waals surface area contributed by atoms with Crippen LogP contribution in [0.3, 0.4) is 0 Å². The number of hydrogen-bond acceptors (Lipinski definition) is 7. The van der Waals surface area contributed by atoms with Crippen LogP contribution in [0.15, 0.2) is 71.7 Å². The fourth-order valence-corrected chi connectivity index (χ4v) is 4.02. The Kier molecular flexibility index (Phi) is 7.44. The molecule has 0 unspecified atom stereocenters. The van der Waals surface area contributed by atoms with Gasteiger partial charge in [-0.1, -0.05) is 24.3 Å². The molecule has 1 heterocycles. The smallest absolute Gasteiger partial charge is 0.329 e. The summed E-state index contributed by atoms with van der Waals surface area (Å²) >= 11 is 0. The Morgan fingerprint density at radius 1 is 0.944 bits per heavy atom. The number of esters is 1. The van der Waals surface area contributed by atoms with Gasteiger partial charge in [0.05, 0.1) is 37.6 Å². The van der Waals surface area contributed by atoms with Gasteiger partial charge in [0.25, 0.3) is 11.8 Å². The van der Waals surface area contributed by atoms with Crippen LogP contribution in [-0.4, -0.2) is 55.8 Å². The molecule has 0 spiro atoms. The van der Waals surface area contributed by atoms with Crippen LogP contribution in [0.4, 0.5) is 5.69 Å². The third-order valence-electron chi connectivity index (χ3n) is 5.85. The van der Waals surface area contributed by atoms with Gasteiger partial charge in [0.15, 0.2) is 0 Å². The summed E-state index contributed by atoms with van der Waals surface area (Å²) in [5.41, 5.74) is 2.80. The van der Waals surface area contributed by atoms with E-state index in [0.717, 1.165) is 16.0 Å². The maximum atomic E-state index is 13.0. The van der Waals surface area contributed by atoms with E-state index < -0.39 is 23.8 Å². The van der Waals surface area contributed by atoms with Gasteiger partial charge in [-0.3, -0.25) is 19.5 Å². The van der Waals surface area contributed by atoms with Crippen LogP contribution < -0.4 is 9.47 Å². The van der Waals surface area contributed by atoms with E-state index in [1.165, 1.54) is 0 Å². The molecule has 0 N–H and O–H groups in total. The topological polar surface area (TPSA) is 94.5 Å². The monoisotopic (exact) mass is 486 g/mol. The predicted octanol–water partition coefficient (Wildman–Crippen LogP) is 4.22. The lowest BCUT2D eigenvalue weighted by Crippen LogP contribution is -2.47. The number of benzene rings is 3. The molecule has 2 amide bonds. The predicted molar refractivity (Wildman–Crippen MR) is 134 cm³/mol. The SMILES string of the molecule is CCOC(=O)[C@@H](Cc1ccc(N=Cc2ccc(OC)cc2OC)cc1)N1C(=O)c2ccccc2C1=O. The van der Waals surface area contributed by atoms with Crippen molar-refractivity contribution in [2.45, 2.75) is 19.4 Å². The van der Waals surface area contributed by atoms with Gasteiger partial charge in [-0.15, -0.1) is 0 Å². The molecule has 1 aliphatic rings. The number of ether oxygens (including phenoxy) is 3. The Morgan fingerprint density at radius 3 is 2.19 bits per heavy atom. The van der Waals surface area contributed by atoms with E-state index >= 15 is 0 Å². The first-order valence-corrected chi connectivity index (χ1v) is 11.5. The Balaban J connectivity index is 1.54. The van der Waals surface area contributed by atoms with Gasteiger partial charge in [0.2, 0.25) is 0 Å². The van der Waals surface area contributed by atoms with Crippen molar-refractivity contribution in [3.63, 3.8) is 0 Å². The number of nitrogens with zero attached hydrogens (tertiary/aromatic N) is 2. The van der Waals surface area contributed by atoms with Gasteiger partial charge in [-0.25, -0.2) is 4.79 Å². The highest BCUT2D eigenvalue weighted by Crippen LogP contribution is 2.27. The Bertz CT molecular complexity index is 1280. The quantitative estimate of drug-likeness (QED) is 0.255. The van der Waals surface area contributed by atoms with Gasteiger partial charge in [-0.05, 0) is 48.9 Å². The second kappa shape index (κ2) is 10.9. The molecule has 3 aromatic rings. The number of carbonyl (C=O) groups excluding carboxylic acids is 3. The van der Waals surface area contributed by atoms with Gasteiger partial charge >= 0.3 is 5.97 Å². The van der Waals surface area contributed by atoms with Crippen LogP contribution in [-0.2, 0) is 16.0 Å². The summed E-state index contributed by atoms with van der Waals surface area (Å²) in [5.74, 6) is -0.303. The molecule has 0 aliphatic carbocycles. The first kappa shape index (κ1) is 24.7. The second-order valence-electron chi connectivity index (χ2n) is 8.03. The highest BCUT2D eigenvalue weighted by atomic mass is 16.5. The van der Waals surface area contributed by atoms with E-state index in [-0.39, 0.29) is 24.2 Å². The number of methoxy groups -OCH3 is 2. The summed E-state index contributed by atoms with van der Waals surface area (Å²) < 4.78 is 15.8. The molecule has 0 saturated carbocycles. The summed E-state index contributed by atoms with van der Waals surface area (Å²) in [6, 6.07) is 18.1. The van der Waals surface area contributed by atoms with E-state index in [4.69, 9.17) is 14.2 Å². The minimum atomic E-state index is -1.07. The average Bonchev–Trinajstić information content (AvgIpc) is 3.16. The number of aliphatic imine (C=N–C) groups is 1. The first-order valence-electron chi connectivity index (χ1n) is 11.5. The zero-order chi connectivity index (χ0) is 25.7. The second-order valence-corrected chi connectivity index (χ2v) is 8.03. The van der Waals surface area contributed by atoms with Gasteiger partial charge < -0.3 is 14.2 Å². The van der Waals surface area contributed by atoms with E-state index in [0.29, 0.717) is 17.2 Å². The highest BCUT2D eigenvalue weighted by molar-refractivity contribution is 6.22. The molecule has 0 fully saturated rings. The lowest BCUT2D eigenvalue weighted by atomic mass is 10.0. The minimum Gasteiger partial charge on any atom is -0.497 e. The van der Waals surface area contributed by atoms with E-state index in [1.54, 1.807) is 69.8 Å². The number of hydrogen-bond donors (Lipinski definition) is 0. The normalized spacial score (nSPS) is 13.6. The number of carbonyl (C=O) groups is 3. The van der Waals surface area contributed by atoms with Crippen molar-refractivity contribution in [3.05, 3.63) is 89.0 Å². The molecule has 4 rings (SSSR count). The number of rotatable bonds is 9. The van der Waals surface area contributed by atoms with Crippen LogP contribution in [0.1, 0.15) is 38.8 Å². The molecule has 3 aromatic carbocycles. The third kappa shape index (κ3) is 4.98. The van der Waals surface area contributed by atoms with Crippen LogP contribution >= 0.6 is 0 Å². The fourth-order valence-electron chi connectivity index (χ4n) is 4.02. The van der Waals surface area contributed by atoms with Gasteiger partial charge in [0.1, 0.15) is 17.5 Å². The largest absolute Gasteiger partial charge is 0.497 e. The standard InChI is InChI=1S/C28H26N2O6/c1-4-36-28(33)24(30-26(31)22-7-5-6-8-23(22)27(30)32)15-18-9-12-20(13-10-18)29-17-19-11-14-21(34-2)16-25(19)35-3/h5-14,16-17,24H,4,15H2,1-3H3/t24-/m1/s1. The lowest BCUT2D eigenvalue weighted by Gasteiger charge is -2.24. The van der Waals surface area contributed by atoms with Crippen molar-refractivity contribution in [1.29, 1.82) is 0 Å². The average molecular weight is 487 g/mol. The van der Waals surface area contributed by atoms with Crippen LogP contribution in [0, 0.1) is 0 Å². The van der Waals surface area contributed by atoms with Crippen LogP contribution in [0.5, 0.6) is 11.5 Å². The van der Waals surface area contributed by atoms with Crippen molar-refractivity contribution in [2.24, 2.45) is 4.99 Å². The Morgan fingerprint density at radius 2 is 1.61 bits per heavy atom. The molecule has 1 aliphatic heterocycles. The highest BCUT2D eigenvalue weighted by Gasteiger charge is 2.43. The van der Waals surface area contributed by atoms with Crippen molar-refractivity contribution < 1.29 is 28.6 Å². The molecule has 0 bridgehead atoms. The molecule has 0 radical (unpaired) electrons. The maximum absolute atomic E-state index is 13.0. The van der Waals surface area contributed by atoms with E-state index in [2.05, 4.69) is 4.99 Å². The minimum absolute atomic E-state index is 0.126. The number of amides is 2. The van der Waals surface area contributed by atoms with Crippen molar-refractivity contribution in [2.75, 3.05) is 20.8 Å². The van der Waals surface area contributed by atoms with Crippen molar-refractivity contribution in [3.8, 4) is 11.5 Å². The van der Waals surface area contributed by atoms with Gasteiger partial charge in [-0.2, -0.15) is 0 Å². The summed E-state index contributed by atoms with van der Waals surface area (Å²) in [5, 5.41) is 0. The molecule has 36 heavy (non-hydrogen) atoms. The van der Waals surface area contributed by atoms with Gasteiger partial charge in [0, 0.05) is 24.3 Å². The molecular weight excluding hydrogens is 460 g/mol. The lowest BCUT2D eigenvalue weighted by molar-refractivity contribution is -0.147. The Labute approximate surface area is 209 Å². The summed E-state index contributed by atoms with van der Waals surface area (Å²) in [6.45, 7) is 1.82. The fraction of sp³-hybridized carbons (Fsp3) is 0.214. The summed E-state index contributed by atoms with van der Waals surface area (Å²) in [6.07, 6.45) is 1.81. The van der Waals surface area contributed by atoms with Crippen molar-refractivity contribution in [1.82, 2.24) is 4.90 Å². The Hall–Kier alpha value is -4.46. The van der Waals surface area contributed by atoms with Crippen LogP contribution in [0.25, 0.3) is 0 Å². The third-order valence-corrected chi connectivity index (χ3v) is 5.85. The summed E-state index contributed by atoms with van der Waals surface area (Å²) in [7, 11) is 3.17. The molecule has 8 nitrogen and oxygen atoms in total. The number of imide groups is 1. The first-order chi connectivity index (χ1) is 17.5. The molecular formula is C28H26N2O6.